The lowest BCUT2D eigenvalue weighted by molar-refractivity contribution is 1.06. The molecule has 4 nitrogen and oxygen atoms in total. The van der Waals surface area contributed by atoms with Crippen LogP contribution in [0.4, 0.5) is 23.0 Å². The molecule has 1 aromatic heterocycles. The summed E-state index contributed by atoms with van der Waals surface area (Å²) in [6.45, 7) is 3.92. The van der Waals surface area contributed by atoms with Gasteiger partial charge in [0.15, 0.2) is 0 Å². The summed E-state index contributed by atoms with van der Waals surface area (Å²) in [4.78, 5) is 8.84. The van der Waals surface area contributed by atoms with Crippen LogP contribution >= 0.6 is 11.6 Å². The van der Waals surface area contributed by atoms with E-state index >= 15 is 0 Å². The Labute approximate surface area is 140 Å². The van der Waals surface area contributed by atoms with E-state index in [0.717, 1.165) is 17.2 Å². The molecule has 3 aromatic rings. The highest BCUT2D eigenvalue weighted by molar-refractivity contribution is 6.33. The smallest absolute Gasteiger partial charge is 0.136 e. The zero-order chi connectivity index (χ0) is 16.2. The van der Waals surface area contributed by atoms with Crippen LogP contribution in [-0.4, -0.2) is 9.97 Å². The van der Waals surface area contributed by atoms with Crippen molar-refractivity contribution < 1.29 is 0 Å². The van der Waals surface area contributed by atoms with Gasteiger partial charge in [-0.1, -0.05) is 35.9 Å². The Bertz CT molecular complexity index is 833. The SMILES string of the molecule is Cc1cccc(Nc2cc(Nc3ccccc3Cl)nc(C)n2)c1. The third-order valence-electron chi connectivity index (χ3n) is 3.27. The summed E-state index contributed by atoms with van der Waals surface area (Å²) in [5, 5.41) is 7.18. The molecule has 0 aliphatic carbocycles. The van der Waals surface area contributed by atoms with Crippen LogP contribution in [0.1, 0.15) is 11.4 Å². The molecule has 0 amide bonds. The number of anilines is 4. The maximum atomic E-state index is 6.18. The molecule has 1 heterocycles. The van der Waals surface area contributed by atoms with E-state index < -0.39 is 0 Å². The lowest BCUT2D eigenvalue weighted by Gasteiger charge is -2.11. The molecular formula is C18H17ClN4. The third kappa shape index (κ3) is 3.99. The summed E-state index contributed by atoms with van der Waals surface area (Å²) < 4.78 is 0. The fourth-order valence-electron chi connectivity index (χ4n) is 2.27. The summed E-state index contributed by atoms with van der Waals surface area (Å²) in [5.41, 5.74) is 3.00. The Hall–Kier alpha value is -2.59. The molecule has 0 aliphatic rings. The van der Waals surface area contributed by atoms with Gasteiger partial charge in [0.2, 0.25) is 0 Å². The summed E-state index contributed by atoms with van der Waals surface area (Å²) >= 11 is 6.18. The largest absolute Gasteiger partial charge is 0.340 e. The third-order valence-corrected chi connectivity index (χ3v) is 3.59. The molecule has 0 bridgehead atoms. The van der Waals surface area contributed by atoms with Crippen molar-refractivity contribution in [3.05, 3.63) is 71.0 Å². The Morgan fingerprint density at radius 2 is 1.57 bits per heavy atom. The number of aryl methyl sites for hydroxylation is 2. The second-order valence-corrected chi connectivity index (χ2v) is 5.69. The maximum absolute atomic E-state index is 6.18. The Kier molecular flexibility index (Phi) is 4.44. The maximum Gasteiger partial charge on any atom is 0.136 e. The van der Waals surface area contributed by atoms with E-state index in [9.17, 15) is 0 Å². The highest BCUT2D eigenvalue weighted by Crippen LogP contribution is 2.25. The van der Waals surface area contributed by atoms with E-state index in [-0.39, 0.29) is 0 Å². The minimum atomic E-state index is 0.650. The lowest BCUT2D eigenvalue weighted by Crippen LogP contribution is -2.01. The van der Waals surface area contributed by atoms with Crippen molar-refractivity contribution >= 4 is 34.6 Å². The molecule has 0 saturated heterocycles. The van der Waals surface area contributed by atoms with Crippen molar-refractivity contribution in [1.82, 2.24) is 9.97 Å². The first kappa shape index (κ1) is 15.3. The van der Waals surface area contributed by atoms with Crippen molar-refractivity contribution in [3.63, 3.8) is 0 Å². The molecule has 23 heavy (non-hydrogen) atoms. The van der Waals surface area contributed by atoms with Gasteiger partial charge in [-0.25, -0.2) is 9.97 Å². The zero-order valence-corrected chi connectivity index (χ0v) is 13.7. The van der Waals surface area contributed by atoms with E-state index in [1.54, 1.807) is 0 Å². The Morgan fingerprint density at radius 1 is 0.826 bits per heavy atom. The van der Waals surface area contributed by atoms with Crippen LogP contribution in [0.2, 0.25) is 5.02 Å². The number of hydrogen-bond donors (Lipinski definition) is 2. The molecule has 0 radical (unpaired) electrons. The number of hydrogen-bond acceptors (Lipinski definition) is 4. The van der Waals surface area contributed by atoms with Crippen LogP contribution in [0.3, 0.4) is 0 Å². The van der Waals surface area contributed by atoms with E-state index in [2.05, 4.69) is 39.7 Å². The van der Waals surface area contributed by atoms with Gasteiger partial charge in [-0.15, -0.1) is 0 Å². The quantitative estimate of drug-likeness (QED) is 0.689. The second-order valence-electron chi connectivity index (χ2n) is 5.28. The summed E-state index contributed by atoms with van der Waals surface area (Å²) in [6, 6.07) is 17.6. The summed E-state index contributed by atoms with van der Waals surface area (Å²) in [7, 11) is 0. The van der Waals surface area contributed by atoms with Crippen LogP contribution in [0.25, 0.3) is 0 Å². The Balaban J connectivity index is 1.86. The number of halogens is 1. The molecule has 0 spiro atoms. The minimum Gasteiger partial charge on any atom is -0.340 e. The number of nitrogens with one attached hydrogen (secondary N) is 2. The summed E-state index contributed by atoms with van der Waals surface area (Å²) in [6.07, 6.45) is 0. The van der Waals surface area contributed by atoms with Crippen molar-refractivity contribution in [2.24, 2.45) is 0 Å². The number of benzene rings is 2. The zero-order valence-electron chi connectivity index (χ0n) is 13.0. The number of aromatic nitrogens is 2. The fourth-order valence-corrected chi connectivity index (χ4v) is 2.45. The average molecular weight is 325 g/mol. The number of nitrogens with zero attached hydrogens (tertiary/aromatic N) is 2. The molecule has 0 unspecified atom stereocenters. The molecule has 2 N–H and O–H groups in total. The standard InChI is InChI=1S/C18H17ClN4/c1-12-6-5-7-14(10-12)22-17-11-18(21-13(2)20-17)23-16-9-4-3-8-15(16)19/h3-11H,1-2H3,(H2,20,21,22,23). The van der Waals surface area contributed by atoms with Crippen molar-refractivity contribution in [3.8, 4) is 0 Å². The lowest BCUT2D eigenvalue weighted by atomic mass is 10.2. The van der Waals surface area contributed by atoms with Gasteiger partial charge >= 0.3 is 0 Å². The number of rotatable bonds is 4. The molecule has 0 aliphatic heterocycles. The topological polar surface area (TPSA) is 49.8 Å². The molecule has 5 heteroatoms. The van der Waals surface area contributed by atoms with Crippen LogP contribution in [0, 0.1) is 13.8 Å². The van der Waals surface area contributed by atoms with E-state index in [0.29, 0.717) is 16.7 Å². The first-order valence-electron chi connectivity index (χ1n) is 7.31. The minimum absolute atomic E-state index is 0.650. The average Bonchev–Trinajstić information content (AvgIpc) is 2.49. The predicted octanol–water partition coefficient (Wildman–Crippen LogP) is 5.23. The van der Waals surface area contributed by atoms with Gasteiger partial charge in [-0.2, -0.15) is 0 Å². The molecule has 0 saturated carbocycles. The predicted molar refractivity (Wildman–Crippen MR) is 96.0 cm³/mol. The number of para-hydroxylation sites is 1. The Morgan fingerprint density at radius 3 is 2.30 bits per heavy atom. The monoisotopic (exact) mass is 324 g/mol. The van der Waals surface area contributed by atoms with E-state index in [4.69, 9.17) is 11.6 Å². The van der Waals surface area contributed by atoms with Crippen molar-refractivity contribution in [1.29, 1.82) is 0 Å². The van der Waals surface area contributed by atoms with Crippen molar-refractivity contribution in [2.45, 2.75) is 13.8 Å². The molecule has 3 rings (SSSR count). The first-order valence-corrected chi connectivity index (χ1v) is 7.69. The molecular weight excluding hydrogens is 308 g/mol. The van der Waals surface area contributed by atoms with Gasteiger partial charge in [0.05, 0.1) is 10.7 Å². The second kappa shape index (κ2) is 6.67. The van der Waals surface area contributed by atoms with Crippen LogP contribution in [0.15, 0.2) is 54.6 Å². The molecule has 0 atom stereocenters. The van der Waals surface area contributed by atoms with Gasteiger partial charge in [-0.05, 0) is 43.7 Å². The molecule has 116 valence electrons. The van der Waals surface area contributed by atoms with E-state index in [1.165, 1.54) is 5.56 Å². The van der Waals surface area contributed by atoms with Gasteiger partial charge in [0, 0.05) is 11.8 Å². The van der Waals surface area contributed by atoms with Gasteiger partial charge < -0.3 is 10.6 Å². The first-order chi connectivity index (χ1) is 11.1. The van der Waals surface area contributed by atoms with Gasteiger partial charge in [0.1, 0.15) is 17.5 Å². The fraction of sp³-hybridized carbons (Fsp3) is 0.111. The molecule has 2 aromatic carbocycles. The van der Waals surface area contributed by atoms with Crippen LogP contribution in [-0.2, 0) is 0 Å². The van der Waals surface area contributed by atoms with Crippen LogP contribution in [0.5, 0.6) is 0 Å². The highest BCUT2D eigenvalue weighted by atomic mass is 35.5. The van der Waals surface area contributed by atoms with Crippen LogP contribution < -0.4 is 10.6 Å². The van der Waals surface area contributed by atoms with Crippen molar-refractivity contribution in [2.75, 3.05) is 10.6 Å². The normalized spacial score (nSPS) is 10.4. The highest BCUT2D eigenvalue weighted by Gasteiger charge is 2.05. The summed E-state index contributed by atoms with van der Waals surface area (Å²) in [5.74, 6) is 2.11. The molecule has 0 fully saturated rings. The van der Waals surface area contributed by atoms with Gasteiger partial charge in [-0.3, -0.25) is 0 Å². The van der Waals surface area contributed by atoms with E-state index in [1.807, 2.05) is 49.4 Å². The van der Waals surface area contributed by atoms with Gasteiger partial charge in [0.25, 0.3) is 0 Å².